The number of nitrogens with zero attached hydrogens (tertiary/aromatic N) is 1. The van der Waals surface area contributed by atoms with Gasteiger partial charge in [-0.15, -0.1) is 11.3 Å². The Hall–Kier alpha value is -1.18. The van der Waals surface area contributed by atoms with Crippen LogP contribution in [0.4, 0.5) is 17.6 Å². The molecule has 2 aromatic rings. The van der Waals surface area contributed by atoms with Crippen LogP contribution in [-0.4, -0.2) is 10.1 Å². The molecule has 0 saturated carbocycles. The van der Waals surface area contributed by atoms with E-state index in [0.717, 1.165) is 17.4 Å². The predicted octanol–water partition coefficient (Wildman–Crippen LogP) is 4.04. The Morgan fingerprint density at radius 1 is 1.32 bits per heavy atom. The zero-order chi connectivity index (χ0) is 14.2. The van der Waals surface area contributed by atoms with E-state index in [9.17, 15) is 22.7 Å². The number of aromatic nitrogens is 1. The second-order valence-corrected chi connectivity index (χ2v) is 5.34. The van der Waals surface area contributed by atoms with Crippen molar-refractivity contribution in [1.29, 1.82) is 0 Å². The van der Waals surface area contributed by atoms with Gasteiger partial charge in [0.25, 0.3) is 0 Å². The molecule has 0 aliphatic heterocycles. The lowest BCUT2D eigenvalue weighted by molar-refractivity contribution is -0.140. The van der Waals surface area contributed by atoms with Gasteiger partial charge in [-0.3, -0.25) is 0 Å². The van der Waals surface area contributed by atoms with Crippen LogP contribution in [0.2, 0.25) is 4.34 Å². The van der Waals surface area contributed by atoms with Gasteiger partial charge in [0.05, 0.1) is 11.8 Å². The first-order chi connectivity index (χ1) is 8.79. The zero-order valence-electron chi connectivity index (χ0n) is 9.08. The van der Waals surface area contributed by atoms with E-state index in [1.54, 1.807) is 0 Å². The Bertz CT molecular complexity index is 599. The summed E-state index contributed by atoms with van der Waals surface area (Å²) in [5, 5.41) is 10.0. The largest absolute Gasteiger partial charge is 0.419 e. The normalized spacial score (nSPS) is 13.6. The van der Waals surface area contributed by atoms with E-state index < -0.39 is 23.7 Å². The molecule has 19 heavy (non-hydrogen) atoms. The van der Waals surface area contributed by atoms with Crippen LogP contribution in [0, 0.1) is 5.82 Å². The van der Waals surface area contributed by atoms with Crippen LogP contribution in [0.15, 0.2) is 24.4 Å². The van der Waals surface area contributed by atoms with Gasteiger partial charge in [0, 0.05) is 0 Å². The predicted molar refractivity (Wildman–Crippen MR) is 62.6 cm³/mol. The van der Waals surface area contributed by atoms with Crippen LogP contribution in [0.3, 0.4) is 0 Å². The lowest BCUT2D eigenvalue weighted by Gasteiger charge is -2.12. The van der Waals surface area contributed by atoms with E-state index in [0.29, 0.717) is 16.5 Å². The molecular weight excluding hydrogens is 306 g/mol. The van der Waals surface area contributed by atoms with Gasteiger partial charge in [-0.2, -0.15) is 13.2 Å². The molecule has 1 atom stereocenters. The maximum atomic E-state index is 13.1. The molecule has 1 aromatic heterocycles. The smallest absolute Gasteiger partial charge is 0.381 e. The third kappa shape index (κ3) is 3.05. The summed E-state index contributed by atoms with van der Waals surface area (Å²) in [6.07, 6.45) is -4.92. The third-order valence-corrected chi connectivity index (χ3v) is 3.51. The molecule has 0 saturated heterocycles. The van der Waals surface area contributed by atoms with Gasteiger partial charge in [0.2, 0.25) is 0 Å². The highest BCUT2D eigenvalue weighted by molar-refractivity contribution is 7.15. The number of alkyl halides is 3. The van der Waals surface area contributed by atoms with Gasteiger partial charge in [-0.05, 0) is 17.7 Å². The number of hydrogen-bond donors (Lipinski definition) is 1. The van der Waals surface area contributed by atoms with Crippen molar-refractivity contribution < 1.29 is 22.7 Å². The second kappa shape index (κ2) is 5.07. The Balaban J connectivity index is 2.41. The summed E-state index contributed by atoms with van der Waals surface area (Å²) >= 11 is 6.56. The average Bonchev–Trinajstić information content (AvgIpc) is 2.74. The van der Waals surface area contributed by atoms with Crippen molar-refractivity contribution in [3.63, 3.8) is 0 Å². The van der Waals surface area contributed by atoms with Gasteiger partial charge < -0.3 is 5.11 Å². The first kappa shape index (κ1) is 14.2. The van der Waals surface area contributed by atoms with Crippen LogP contribution >= 0.6 is 22.9 Å². The molecule has 0 amide bonds. The van der Waals surface area contributed by atoms with Crippen LogP contribution in [0.1, 0.15) is 22.2 Å². The number of hydrogen-bond acceptors (Lipinski definition) is 3. The van der Waals surface area contributed by atoms with Crippen molar-refractivity contribution in [2.45, 2.75) is 12.3 Å². The molecule has 0 spiro atoms. The van der Waals surface area contributed by atoms with Crippen molar-refractivity contribution >= 4 is 22.9 Å². The SMILES string of the molecule is OC(c1ccc(F)c(C(F)(F)F)c1)c1ncc(Cl)s1. The molecule has 1 unspecified atom stereocenters. The second-order valence-electron chi connectivity index (χ2n) is 3.64. The van der Waals surface area contributed by atoms with Crippen molar-refractivity contribution in [2.75, 3.05) is 0 Å². The fraction of sp³-hybridized carbons (Fsp3) is 0.182. The molecule has 0 aliphatic carbocycles. The Morgan fingerprint density at radius 2 is 2.00 bits per heavy atom. The molecule has 1 aromatic carbocycles. The van der Waals surface area contributed by atoms with E-state index in [4.69, 9.17) is 11.6 Å². The molecule has 0 radical (unpaired) electrons. The van der Waals surface area contributed by atoms with E-state index in [-0.39, 0.29) is 10.6 Å². The quantitative estimate of drug-likeness (QED) is 0.849. The molecule has 1 heterocycles. The minimum atomic E-state index is -4.82. The molecule has 0 bridgehead atoms. The van der Waals surface area contributed by atoms with Crippen LogP contribution in [-0.2, 0) is 6.18 Å². The molecule has 102 valence electrons. The highest BCUT2D eigenvalue weighted by atomic mass is 35.5. The van der Waals surface area contributed by atoms with Crippen molar-refractivity contribution in [2.24, 2.45) is 0 Å². The number of benzene rings is 1. The molecule has 2 nitrogen and oxygen atoms in total. The minimum Gasteiger partial charge on any atom is -0.381 e. The van der Waals surface area contributed by atoms with Crippen molar-refractivity contribution in [3.05, 3.63) is 50.7 Å². The summed E-state index contributed by atoms with van der Waals surface area (Å²) in [7, 11) is 0. The average molecular weight is 312 g/mol. The minimum absolute atomic E-state index is 0.0975. The maximum Gasteiger partial charge on any atom is 0.419 e. The van der Waals surface area contributed by atoms with E-state index in [2.05, 4.69) is 4.98 Å². The lowest BCUT2D eigenvalue weighted by Crippen LogP contribution is -2.10. The number of halogens is 5. The first-order valence-electron chi connectivity index (χ1n) is 4.95. The highest BCUT2D eigenvalue weighted by Gasteiger charge is 2.34. The van der Waals surface area contributed by atoms with Gasteiger partial charge in [-0.25, -0.2) is 9.37 Å². The van der Waals surface area contributed by atoms with Gasteiger partial charge in [0.1, 0.15) is 21.3 Å². The number of aliphatic hydroxyl groups excluding tert-OH is 1. The topological polar surface area (TPSA) is 33.1 Å². The van der Waals surface area contributed by atoms with Crippen LogP contribution < -0.4 is 0 Å². The van der Waals surface area contributed by atoms with Crippen molar-refractivity contribution in [1.82, 2.24) is 4.98 Å². The standard InChI is InChI=1S/C11H6ClF4NOS/c12-8-4-17-10(19-8)9(18)5-1-2-7(13)6(3-5)11(14,15)16/h1-4,9,18H. The van der Waals surface area contributed by atoms with Crippen molar-refractivity contribution in [3.8, 4) is 0 Å². The van der Waals surface area contributed by atoms with Gasteiger partial charge >= 0.3 is 6.18 Å². The fourth-order valence-corrected chi connectivity index (χ4v) is 2.41. The van der Waals surface area contributed by atoms with Gasteiger partial charge in [-0.1, -0.05) is 17.7 Å². The number of aliphatic hydroxyl groups is 1. The first-order valence-corrected chi connectivity index (χ1v) is 6.14. The molecular formula is C11H6ClF4NOS. The lowest BCUT2D eigenvalue weighted by atomic mass is 10.1. The molecule has 2 rings (SSSR count). The summed E-state index contributed by atoms with van der Waals surface area (Å²) in [5.74, 6) is -1.39. The molecule has 0 fully saturated rings. The summed E-state index contributed by atoms with van der Waals surface area (Å²) in [5.41, 5.74) is -1.52. The van der Waals surface area contributed by atoms with E-state index >= 15 is 0 Å². The van der Waals surface area contributed by atoms with Gasteiger partial charge in [0.15, 0.2) is 0 Å². The summed E-state index contributed by atoms with van der Waals surface area (Å²) < 4.78 is 51.0. The Kier molecular flexibility index (Phi) is 3.80. The van der Waals surface area contributed by atoms with E-state index in [1.807, 2.05) is 0 Å². The Labute approximate surface area is 114 Å². The summed E-state index contributed by atoms with van der Waals surface area (Å²) in [6.45, 7) is 0. The highest BCUT2D eigenvalue weighted by Crippen LogP contribution is 2.35. The molecule has 0 aliphatic rings. The monoisotopic (exact) mass is 311 g/mol. The maximum absolute atomic E-state index is 13.1. The third-order valence-electron chi connectivity index (χ3n) is 2.34. The zero-order valence-corrected chi connectivity index (χ0v) is 10.7. The molecule has 1 N–H and O–H groups in total. The number of thiazole rings is 1. The van der Waals surface area contributed by atoms with Crippen LogP contribution in [0.25, 0.3) is 0 Å². The summed E-state index contributed by atoms with van der Waals surface area (Å²) in [4.78, 5) is 3.77. The van der Waals surface area contributed by atoms with Crippen LogP contribution in [0.5, 0.6) is 0 Å². The van der Waals surface area contributed by atoms with E-state index in [1.165, 1.54) is 6.20 Å². The fourth-order valence-electron chi connectivity index (χ4n) is 1.47. The summed E-state index contributed by atoms with van der Waals surface area (Å²) in [6, 6.07) is 2.30. The molecule has 8 heteroatoms. The Morgan fingerprint density at radius 3 is 2.53 bits per heavy atom. The number of rotatable bonds is 2.